The largest absolute Gasteiger partial charge is 0.383 e. The fraction of sp³-hybridized carbons (Fsp3) is 0.458. The van der Waals surface area contributed by atoms with Crippen molar-refractivity contribution in [1.82, 2.24) is 24.5 Å². The molecule has 0 aliphatic heterocycles. The predicted octanol–water partition coefficient (Wildman–Crippen LogP) is 3.95. The number of ether oxygens (including phenoxy) is 2. The fourth-order valence-corrected chi connectivity index (χ4v) is 7.58. The molecule has 0 spiro atoms. The van der Waals surface area contributed by atoms with Gasteiger partial charge >= 0.3 is 0 Å². The van der Waals surface area contributed by atoms with Gasteiger partial charge < -0.3 is 9.47 Å². The molecule has 186 valence electrons. The van der Waals surface area contributed by atoms with Gasteiger partial charge in [0, 0.05) is 36.7 Å². The molecule has 0 radical (unpaired) electrons. The maximum atomic E-state index is 13.3. The van der Waals surface area contributed by atoms with E-state index in [0.717, 1.165) is 38.5 Å². The topological polar surface area (TPSA) is 101 Å². The summed E-state index contributed by atoms with van der Waals surface area (Å²) in [7, 11) is -0.156. The van der Waals surface area contributed by atoms with E-state index in [0.29, 0.717) is 30.9 Å². The molecule has 0 unspecified atom stereocenters. The van der Waals surface area contributed by atoms with E-state index in [1.165, 1.54) is 11.3 Å². The van der Waals surface area contributed by atoms with Crippen LogP contribution in [0.15, 0.2) is 34.8 Å². The number of fused-ring (bicyclic) bond motifs is 1. The van der Waals surface area contributed by atoms with Gasteiger partial charge in [-0.25, -0.2) is 18.1 Å². The van der Waals surface area contributed by atoms with E-state index in [1.54, 1.807) is 32.5 Å². The number of rotatable bonds is 8. The smallest absolute Gasteiger partial charge is 0.211 e. The van der Waals surface area contributed by atoms with Gasteiger partial charge in [0.2, 0.25) is 5.13 Å². The highest BCUT2D eigenvalue weighted by molar-refractivity contribution is 7.92. The van der Waals surface area contributed by atoms with Crippen LogP contribution >= 0.6 is 11.3 Å². The van der Waals surface area contributed by atoms with E-state index in [9.17, 15) is 8.42 Å². The van der Waals surface area contributed by atoms with Crippen LogP contribution in [0.3, 0.4) is 0 Å². The Morgan fingerprint density at radius 1 is 1.23 bits per heavy atom. The Labute approximate surface area is 208 Å². The fourth-order valence-electron chi connectivity index (χ4n) is 4.64. The van der Waals surface area contributed by atoms with E-state index in [4.69, 9.17) is 19.6 Å². The van der Waals surface area contributed by atoms with Gasteiger partial charge in [-0.1, -0.05) is 0 Å². The van der Waals surface area contributed by atoms with Crippen LogP contribution in [0.2, 0.25) is 0 Å². The third-order valence-corrected chi connectivity index (χ3v) is 9.75. The van der Waals surface area contributed by atoms with Crippen molar-refractivity contribution in [2.45, 2.75) is 55.9 Å². The van der Waals surface area contributed by atoms with Gasteiger partial charge in [0.15, 0.2) is 9.84 Å². The van der Waals surface area contributed by atoms with Crippen molar-refractivity contribution in [3.63, 3.8) is 0 Å². The molecule has 1 fully saturated rings. The molecular formula is C24H29N5O4S2. The second-order valence-corrected chi connectivity index (χ2v) is 12.4. The Morgan fingerprint density at radius 2 is 2.00 bits per heavy atom. The van der Waals surface area contributed by atoms with Crippen molar-refractivity contribution in [3.8, 4) is 16.4 Å². The van der Waals surface area contributed by atoms with E-state index < -0.39 is 15.1 Å². The lowest BCUT2D eigenvalue weighted by atomic mass is 9.81. The van der Waals surface area contributed by atoms with E-state index >= 15 is 0 Å². The van der Waals surface area contributed by atoms with E-state index in [2.05, 4.69) is 5.10 Å². The van der Waals surface area contributed by atoms with Crippen molar-refractivity contribution in [1.29, 1.82) is 0 Å². The van der Waals surface area contributed by atoms with Crippen molar-refractivity contribution >= 4 is 32.1 Å². The molecule has 3 heterocycles. The highest BCUT2D eigenvalue weighted by Crippen LogP contribution is 2.42. The normalized spacial score (nSPS) is 20.4. The first-order valence-corrected chi connectivity index (χ1v) is 13.8. The average molecular weight is 516 g/mol. The van der Waals surface area contributed by atoms with Gasteiger partial charge in [0.1, 0.15) is 0 Å². The molecule has 0 saturated heterocycles. The van der Waals surface area contributed by atoms with Crippen molar-refractivity contribution < 1.29 is 17.9 Å². The second kappa shape index (κ2) is 8.81. The Balaban J connectivity index is 1.48. The number of hydrogen-bond acceptors (Lipinski definition) is 8. The summed E-state index contributed by atoms with van der Waals surface area (Å²) in [5.41, 5.74) is 3.86. The first-order chi connectivity index (χ1) is 16.6. The first kappa shape index (κ1) is 24.1. The number of aromatic nitrogens is 5. The van der Waals surface area contributed by atoms with Crippen molar-refractivity contribution in [2.75, 3.05) is 20.8 Å². The molecule has 1 aliphatic rings. The van der Waals surface area contributed by atoms with E-state index in [-0.39, 0.29) is 5.60 Å². The molecule has 11 heteroatoms. The number of nitrogens with zero attached hydrogens (tertiary/aromatic N) is 5. The molecular weight excluding hydrogens is 486 g/mol. The van der Waals surface area contributed by atoms with E-state index in [1.807, 2.05) is 41.7 Å². The van der Waals surface area contributed by atoms with Crippen LogP contribution < -0.4 is 0 Å². The highest BCUT2D eigenvalue weighted by atomic mass is 32.2. The summed E-state index contributed by atoms with van der Waals surface area (Å²) in [6.45, 7) is 7.04. The number of benzene rings is 1. The van der Waals surface area contributed by atoms with Crippen LogP contribution in [0, 0.1) is 13.8 Å². The van der Waals surface area contributed by atoms with Crippen LogP contribution in [-0.2, 0) is 25.9 Å². The molecule has 1 aromatic carbocycles. The third kappa shape index (κ3) is 4.20. The quantitative estimate of drug-likeness (QED) is 0.350. The van der Waals surface area contributed by atoms with Crippen LogP contribution in [0.25, 0.3) is 27.3 Å². The molecule has 0 atom stereocenters. The summed E-state index contributed by atoms with van der Waals surface area (Å²) in [5, 5.41) is 12.2. The minimum absolute atomic E-state index is 0.344. The second-order valence-electron chi connectivity index (χ2n) is 9.36. The van der Waals surface area contributed by atoms with Crippen molar-refractivity contribution in [2.24, 2.45) is 0 Å². The Kier molecular flexibility index (Phi) is 6.07. The monoisotopic (exact) mass is 515 g/mol. The molecule has 35 heavy (non-hydrogen) atoms. The number of aryl methyl sites for hydroxylation is 2. The number of methoxy groups -OCH3 is 2. The lowest BCUT2D eigenvalue weighted by Crippen LogP contribution is -2.49. The lowest BCUT2D eigenvalue weighted by molar-refractivity contribution is -0.0528. The average Bonchev–Trinajstić information content (AvgIpc) is 3.54. The summed E-state index contributed by atoms with van der Waals surface area (Å²) in [4.78, 5) is 5.14. The zero-order valence-electron chi connectivity index (χ0n) is 20.5. The van der Waals surface area contributed by atoms with Crippen LogP contribution in [-0.4, -0.2) is 64.6 Å². The lowest BCUT2D eigenvalue weighted by Gasteiger charge is -2.43. The molecule has 5 rings (SSSR count). The maximum absolute atomic E-state index is 13.3. The molecule has 1 aliphatic carbocycles. The summed E-state index contributed by atoms with van der Waals surface area (Å²) in [6.07, 6.45) is 4.75. The van der Waals surface area contributed by atoms with Gasteiger partial charge in [-0.05, 0) is 51.3 Å². The van der Waals surface area contributed by atoms with Crippen LogP contribution in [0.1, 0.15) is 31.0 Å². The zero-order valence-corrected chi connectivity index (χ0v) is 22.1. The summed E-state index contributed by atoms with van der Waals surface area (Å²) < 4.78 is 40.9. The minimum Gasteiger partial charge on any atom is -0.383 e. The molecule has 0 bridgehead atoms. The minimum atomic E-state index is -3.45. The number of sulfone groups is 1. The van der Waals surface area contributed by atoms with Crippen molar-refractivity contribution in [3.05, 3.63) is 41.2 Å². The highest BCUT2D eigenvalue weighted by Gasteiger charge is 2.47. The van der Waals surface area contributed by atoms with Crippen LogP contribution in [0.4, 0.5) is 0 Å². The number of thiazole rings is 1. The Hall–Kier alpha value is -2.60. The van der Waals surface area contributed by atoms with Gasteiger partial charge in [-0.3, -0.25) is 4.68 Å². The summed E-state index contributed by atoms with van der Waals surface area (Å²) >= 11 is 1.49. The zero-order chi connectivity index (χ0) is 25.0. The summed E-state index contributed by atoms with van der Waals surface area (Å²) in [6, 6.07) is 3.51. The Bertz CT molecular complexity index is 1500. The predicted molar refractivity (Wildman–Crippen MR) is 135 cm³/mol. The van der Waals surface area contributed by atoms with Gasteiger partial charge in [0.05, 0.1) is 52.0 Å². The molecule has 9 nitrogen and oxygen atoms in total. The first-order valence-electron chi connectivity index (χ1n) is 11.4. The molecule has 0 amide bonds. The standard InChI is InChI=1S/C24H29N5O4S2/c1-15-8-18(35(30,31)19-10-24(3,11-19)33-5)9-20-16(2)27-29(22(15)20)23-26-21(14-34-23)17-12-25-28(13-17)6-7-32-4/h8-9,12-14,19H,6-7,10-11H2,1-5H3. The van der Waals surface area contributed by atoms with Gasteiger partial charge in [0.25, 0.3) is 0 Å². The molecule has 4 aromatic rings. The maximum Gasteiger partial charge on any atom is 0.211 e. The van der Waals surface area contributed by atoms with Gasteiger partial charge in [-0.2, -0.15) is 10.2 Å². The Morgan fingerprint density at radius 3 is 2.71 bits per heavy atom. The van der Waals surface area contributed by atoms with Crippen LogP contribution in [0.5, 0.6) is 0 Å². The number of hydrogen-bond donors (Lipinski definition) is 0. The molecule has 1 saturated carbocycles. The molecule has 3 aromatic heterocycles. The third-order valence-electron chi connectivity index (χ3n) is 6.83. The SMILES string of the molecule is COCCn1cc(-c2csc(-n3nc(C)c4cc(S(=O)(=O)C5CC(C)(OC)C5)cc(C)c43)n2)cn1. The van der Waals surface area contributed by atoms with Gasteiger partial charge in [-0.15, -0.1) is 11.3 Å². The molecule has 0 N–H and O–H groups in total. The summed E-state index contributed by atoms with van der Waals surface area (Å²) in [5.74, 6) is 0.